The fraction of sp³-hybridized carbons (Fsp3) is 0.381. The Morgan fingerprint density at radius 1 is 1.12 bits per heavy atom. The van der Waals surface area contributed by atoms with E-state index in [0.717, 1.165) is 35.8 Å². The van der Waals surface area contributed by atoms with Crippen molar-refractivity contribution >= 4 is 17.7 Å². The van der Waals surface area contributed by atoms with Crippen LogP contribution in [0.15, 0.2) is 42.5 Å². The first-order valence-corrected chi connectivity index (χ1v) is 9.77. The van der Waals surface area contributed by atoms with Crippen LogP contribution in [0.4, 0.5) is 0 Å². The van der Waals surface area contributed by atoms with Crippen molar-refractivity contribution in [3.05, 3.63) is 64.7 Å². The van der Waals surface area contributed by atoms with Gasteiger partial charge in [0, 0.05) is 24.5 Å². The number of carbonyl (C=O) groups is 1. The summed E-state index contributed by atoms with van der Waals surface area (Å²) in [5.41, 5.74) is 4.90. The Balaban J connectivity index is 1.61. The molecule has 25 heavy (non-hydrogen) atoms. The van der Waals surface area contributed by atoms with Gasteiger partial charge in [-0.25, -0.2) is 0 Å². The van der Waals surface area contributed by atoms with E-state index in [9.17, 15) is 4.79 Å². The summed E-state index contributed by atoms with van der Waals surface area (Å²) in [6.07, 6.45) is 1.28. The standard InChI is InChI=1S/C21H27NO2S/c1-16-5-4-6-19(13-16)15-25-12-11-22-21(23)10-8-18-7-9-20(24-3)17(2)14-18/h4-7,9,13-14H,8,10-12,15H2,1-3H3,(H,22,23). The van der Waals surface area contributed by atoms with Crippen molar-refractivity contribution < 1.29 is 9.53 Å². The molecule has 0 aliphatic heterocycles. The van der Waals surface area contributed by atoms with Gasteiger partial charge in [-0.05, 0) is 43.0 Å². The van der Waals surface area contributed by atoms with Crippen molar-refractivity contribution in [1.29, 1.82) is 0 Å². The summed E-state index contributed by atoms with van der Waals surface area (Å²) in [5.74, 6) is 2.92. The van der Waals surface area contributed by atoms with E-state index in [1.807, 2.05) is 30.8 Å². The smallest absolute Gasteiger partial charge is 0.220 e. The molecule has 0 unspecified atom stereocenters. The fourth-order valence-electron chi connectivity index (χ4n) is 2.70. The van der Waals surface area contributed by atoms with Gasteiger partial charge in [-0.2, -0.15) is 11.8 Å². The molecular formula is C21H27NO2S. The molecule has 0 aromatic heterocycles. The molecule has 4 heteroatoms. The van der Waals surface area contributed by atoms with E-state index < -0.39 is 0 Å². The van der Waals surface area contributed by atoms with Crippen LogP contribution in [0.5, 0.6) is 5.75 Å². The second-order valence-electron chi connectivity index (χ2n) is 6.20. The largest absolute Gasteiger partial charge is 0.496 e. The molecular weight excluding hydrogens is 330 g/mol. The topological polar surface area (TPSA) is 38.3 Å². The zero-order valence-electron chi connectivity index (χ0n) is 15.3. The molecule has 2 aromatic carbocycles. The SMILES string of the molecule is COc1ccc(CCC(=O)NCCSCc2cccc(C)c2)cc1C. The molecule has 0 fully saturated rings. The third-order valence-electron chi connectivity index (χ3n) is 4.02. The summed E-state index contributed by atoms with van der Waals surface area (Å²) in [6.45, 7) is 4.85. The lowest BCUT2D eigenvalue weighted by Gasteiger charge is -2.08. The molecule has 2 aromatic rings. The van der Waals surface area contributed by atoms with Crippen LogP contribution in [-0.4, -0.2) is 25.3 Å². The molecule has 1 N–H and O–H groups in total. The second kappa shape index (κ2) is 10.1. The molecule has 0 spiro atoms. The van der Waals surface area contributed by atoms with Gasteiger partial charge in [-0.3, -0.25) is 4.79 Å². The molecule has 0 radical (unpaired) electrons. The second-order valence-corrected chi connectivity index (χ2v) is 7.30. The third kappa shape index (κ3) is 6.83. The quantitative estimate of drug-likeness (QED) is 0.680. The number of nitrogens with one attached hydrogen (secondary N) is 1. The van der Waals surface area contributed by atoms with Crippen molar-refractivity contribution in [2.75, 3.05) is 19.4 Å². The Morgan fingerprint density at radius 2 is 1.96 bits per heavy atom. The van der Waals surface area contributed by atoms with Gasteiger partial charge in [0.15, 0.2) is 0 Å². The van der Waals surface area contributed by atoms with Gasteiger partial charge in [0.25, 0.3) is 0 Å². The Morgan fingerprint density at radius 3 is 2.68 bits per heavy atom. The third-order valence-corrected chi connectivity index (χ3v) is 5.05. The first-order chi connectivity index (χ1) is 12.1. The highest BCUT2D eigenvalue weighted by Crippen LogP contribution is 2.19. The van der Waals surface area contributed by atoms with Gasteiger partial charge in [0.2, 0.25) is 5.91 Å². The molecule has 0 aliphatic rings. The molecule has 2 rings (SSSR count). The number of carbonyl (C=O) groups excluding carboxylic acids is 1. The van der Waals surface area contributed by atoms with Gasteiger partial charge >= 0.3 is 0 Å². The van der Waals surface area contributed by atoms with Crippen LogP contribution in [0.3, 0.4) is 0 Å². The van der Waals surface area contributed by atoms with Crippen molar-refractivity contribution in [1.82, 2.24) is 5.32 Å². The van der Waals surface area contributed by atoms with Crippen LogP contribution in [0.1, 0.15) is 28.7 Å². The maximum Gasteiger partial charge on any atom is 0.220 e. The van der Waals surface area contributed by atoms with Crippen LogP contribution in [0.2, 0.25) is 0 Å². The number of ether oxygens (including phenoxy) is 1. The van der Waals surface area contributed by atoms with E-state index in [1.165, 1.54) is 16.7 Å². The number of aryl methyl sites for hydroxylation is 3. The maximum absolute atomic E-state index is 12.0. The molecule has 0 saturated carbocycles. The number of rotatable bonds is 9. The van der Waals surface area contributed by atoms with Crippen LogP contribution >= 0.6 is 11.8 Å². The van der Waals surface area contributed by atoms with E-state index in [2.05, 4.69) is 42.6 Å². The minimum atomic E-state index is 0.115. The summed E-state index contributed by atoms with van der Waals surface area (Å²) in [7, 11) is 1.67. The molecule has 1 amide bonds. The molecule has 3 nitrogen and oxygen atoms in total. The summed E-state index contributed by atoms with van der Waals surface area (Å²) in [4.78, 5) is 12.0. The summed E-state index contributed by atoms with van der Waals surface area (Å²) in [6, 6.07) is 14.6. The summed E-state index contributed by atoms with van der Waals surface area (Å²) >= 11 is 1.85. The number of hydrogen-bond acceptors (Lipinski definition) is 3. The predicted molar refractivity (Wildman–Crippen MR) is 106 cm³/mol. The van der Waals surface area contributed by atoms with E-state index in [-0.39, 0.29) is 5.91 Å². The Kier molecular flexibility index (Phi) is 7.86. The zero-order valence-corrected chi connectivity index (χ0v) is 16.1. The lowest BCUT2D eigenvalue weighted by atomic mass is 10.1. The Bertz CT molecular complexity index is 700. The van der Waals surface area contributed by atoms with Crippen molar-refractivity contribution in [2.45, 2.75) is 32.4 Å². The minimum absolute atomic E-state index is 0.115. The van der Waals surface area contributed by atoms with E-state index in [0.29, 0.717) is 6.42 Å². The van der Waals surface area contributed by atoms with Crippen LogP contribution < -0.4 is 10.1 Å². The van der Waals surface area contributed by atoms with Gasteiger partial charge in [0.1, 0.15) is 5.75 Å². The van der Waals surface area contributed by atoms with Gasteiger partial charge in [-0.15, -0.1) is 0 Å². The molecule has 0 heterocycles. The number of hydrogen-bond donors (Lipinski definition) is 1. The van der Waals surface area contributed by atoms with Crippen molar-refractivity contribution in [3.8, 4) is 5.75 Å². The van der Waals surface area contributed by atoms with Crippen molar-refractivity contribution in [2.24, 2.45) is 0 Å². The first kappa shape index (κ1) is 19.4. The first-order valence-electron chi connectivity index (χ1n) is 8.62. The fourth-order valence-corrected chi connectivity index (χ4v) is 3.50. The summed E-state index contributed by atoms with van der Waals surface area (Å²) in [5, 5.41) is 3.00. The summed E-state index contributed by atoms with van der Waals surface area (Å²) < 4.78 is 5.26. The molecule has 0 aliphatic carbocycles. The zero-order chi connectivity index (χ0) is 18.1. The maximum atomic E-state index is 12.0. The molecule has 0 atom stereocenters. The average Bonchev–Trinajstić information content (AvgIpc) is 2.60. The van der Waals surface area contributed by atoms with Crippen LogP contribution in [0.25, 0.3) is 0 Å². The Labute approximate surface area is 155 Å². The predicted octanol–water partition coefficient (Wildman–Crippen LogP) is 4.29. The number of thioether (sulfide) groups is 1. The molecule has 0 saturated heterocycles. The lowest BCUT2D eigenvalue weighted by molar-refractivity contribution is -0.120. The number of methoxy groups -OCH3 is 1. The number of amides is 1. The molecule has 134 valence electrons. The van der Waals surface area contributed by atoms with Crippen molar-refractivity contribution in [3.63, 3.8) is 0 Å². The highest BCUT2D eigenvalue weighted by Gasteiger charge is 2.04. The van der Waals surface area contributed by atoms with Gasteiger partial charge in [0.05, 0.1) is 7.11 Å². The highest BCUT2D eigenvalue weighted by atomic mass is 32.2. The lowest BCUT2D eigenvalue weighted by Crippen LogP contribution is -2.25. The van der Waals surface area contributed by atoms with E-state index >= 15 is 0 Å². The normalized spacial score (nSPS) is 10.5. The highest BCUT2D eigenvalue weighted by molar-refractivity contribution is 7.98. The van der Waals surface area contributed by atoms with Gasteiger partial charge < -0.3 is 10.1 Å². The van der Waals surface area contributed by atoms with E-state index in [4.69, 9.17) is 4.74 Å². The van der Waals surface area contributed by atoms with Crippen LogP contribution in [-0.2, 0) is 17.0 Å². The molecule has 0 bridgehead atoms. The van der Waals surface area contributed by atoms with Crippen LogP contribution in [0, 0.1) is 13.8 Å². The Hall–Kier alpha value is -1.94. The monoisotopic (exact) mass is 357 g/mol. The van der Waals surface area contributed by atoms with E-state index in [1.54, 1.807) is 7.11 Å². The average molecular weight is 358 g/mol. The number of benzene rings is 2. The minimum Gasteiger partial charge on any atom is -0.496 e. The van der Waals surface area contributed by atoms with Gasteiger partial charge in [-0.1, -0.05) is 42.0 Å².